The molecule has 1 aromatic carbocycles. The van der Waals surface area contributed by atoms with E-state index in [9.17, 15) is 13.6 Å². The van der Waals surface area contributed by atoms with E-state index in [1.807, 2.05) is 6.92 Å². The molecular weight excluding hydrogens is 266 g/mol. The Labute approximate surface area is 117 Å². The standard InChI is InChI=1S/C14H20F2N2O2/c1-2-3-9-18(10-8-17)13(19)11-6-4-5-7-12(11)20-14(15)16/h4-7,14H,2-3,8-10,17H2,1H3. The van der Waals surface area contributed by atoms with Crippen molar-refractivity contribution >= 4 is 5.91 Å². The summed E-state index contributed by atoms with van der Waals surface area (Å²) in [6, 6.07) is 6.01. The topological polar surface area (TPSA) is 55.6 Å². The molecule has 20 heavy (non-hydrogen) atoms. The van der Waals surface area contributed by atoms with Gasteiger partial charge < -0.3 is 15.4 Å². The molecule has 112 valence electrons. The van der Waals surface area contributed by atoms with Gasteiger partial charge in [-0.3, -0.25) is 4.79 Å². The van der Waals surface area contributed by atoms with Crippen molar-refractivity contribution in [3.8, 4) is 5.75 Å². The van der Waals surface area contributed by atoms with E-state index >= 15 is 0 Å². The number of ether oxygens (including phenoxy) is 1. The van der Waals surface area contributed by atoms with Crippen molar-refractivity contribution in [1.82, 2.24) is 4.90 Å². The highest BCUT2D eigenvalue weighted by molar-refractivity contribution is 5.96. The fourth-order valence-corrected chi connectivity index (χ4v) is 1.83. The molecule has 2 N–H and O–H groups in total. The van der Waals surface area contributed by atoms with Gasteiger partial charge >= 0.3 is 6.61 Å². The monoisotopic (exact) mass is 286 g/mol. The van der Waals surface area contributed by atoms with Crippen LogP contribution < -0.4 is 10.5 Å². The van der Waals surface area contributed by atoms with Crippen LogP contribution in [0.4, 0.5) is 8.78 Å². The number of hydrogen-bond donors (Lipinski definition) is 1. The van der Waals surface area contributed by atoms with Gasteiger partial charge in [-0.25, -0.2) is 0 Å². The summed E-state index contributed by atoms with van der Waals surface area (Å²) in [6.07, 6.45) is 1.77. The average Bonchev–Trinajstić information content (AvgIpc) is 2.42. The zero-order valence-corrected chi connectivity index (χ0v) is 11.5. The van der Waals surface area contributed by atoms with E-state index < -0.39 is 6.61 Å². The summed E-state index contributed by atoms with van der Waals surface area (Å²) in [5.41, 5.74) is 5.63. The Balaban J connectivity index is 2.92. The molecule has 0 aliphatic heterocycles. The summed E-state index contributed by atoms with van der Waals surface area (Å²) in [5, 5.41) is 0. The Kier molecular flexibility index (Phi) is 6.93. The summed E-state index contributed by atoms with van der Waals surface area (Å²) >= 11 is 0. The predicted molar refractivity (Wildman–Crippen MR) is 72.9 cm³/mol. The largest absolute Gasteiger partial charge is 0.434 e. The molecule has 0 radical (unpaired) electrons. The van der Waals surface area contributed by atoms with Crippen LogP contribution in [0.5, 0.6) is 5.75 Å². The third-order valence-corrected chi connectivity index (χ3v) is 2.80. The molecule has 0 aliphatic carbocycles. The molecule has 1 rings (SSSR count). The molecule has 0 saturated carbocycles. The quantitative estimate of drug-likeness (QED) is 0.798. The first-order valence-corrected chi connectivity index (χ1v) is 6.63. The Hall–Kier alpha value is -1.69. The number of para-hydroxylation sites is 1. The van der Waals surface area contributed by atoms with Gasteiger partial charge in [0, 0.05) is 19.6 Å². The van der Waals surface area contributed by atoms with Crippen LogP contribution in [-0.4, -0.2) is 37.1 Å². The summed E-state index contributed by atoms with van der Waals surface area (Å²) in [4.78, 5) is 14.0. The molecule has 1 aromatic rings. The molecule has 0 fully saturated rings. The highest BCUT2D eigenvalue weighted by Crippen LogP contribution is 2.22. The zero-order valence-electron chi connectivity index (χ0n) is 11.5. The van der Waals surface area contributed by atoms with Gasteiger partial charge in [0.15, 0.2) is 0 Å². The Morgan fingerprint density at radius 1 is 1.35 bits per heavy atom. The first-order chi connectivity index (χ1) is 9.60. The second-order valence-electron chi connectivity index (χ2n) is 4.31. The minimum atomic E-state index is -2.96. The molecule has 4 nitrogen and oxygen atoms in total. The molecular formula is C14H20F2N2O2. The van der Waals surface area contributed by atoms with Crippen LogP contribution in [-0.2, 0) is 0 Å². The second-order valence-corrected chi connectivity index (χ2v) is 4.31. The van der Waals surface area contributed by atoms with Crippen LogP contribution in [0.1, 0.15) is 30.1 Å². The molecule has 0 atom stereocenters. The average molecular weight is 286 g/mol. The van der Waals surface area contributed by atoms with Crippen LogP contribution in [0, 0.1) is 0 Å². The number of benzene rings is 1. The van der Waals surface area contributed by atoms with E-state index in [4.69, 9.17) is 5.73 Å². The number of carbonyl (C=O) groups is 1. The van der Waals surface area contributed by atoms with Gasteiger partial charge in [0.25, 0.3) is 5.91 Å². The lowest BCUT2D eigenvalue weighted by molar-refractivity contribution is -0.0502. The Morgan fingerprint density at radius 2 is 2.05 bits per heavy atom. The van der Waals surface area contributed by atoms with E-state index in [-0.39, 0.29) is 17.2 Å². The van der Waals surface area contributed by atoms with Crippen molar-refractivity contribution in [2.45, 2.75) is 26.4 Å². The maximum atomic E-state index is 12.4. The van der Waals surface area contributed by atoms with Crippen LogP contribution in [0.3, 0.4) is 0 Å². The summed E-state index contributed by atoms with van der Waals surface area (Å²) < 4.78 is 29.1. The lowest BCUT2D eigenvalue weighted by atomic mass is 10.1. The Morgan fingerprint density at radius 3 is 2.65 bits per heavy atom. The number of unbranched alkanes of at least 4 members (excludes halogenated alkanes) is 1. The predicted octanol–water partition coefficient (Wildman–Crippen LogP) is 2.49. The van der Waals surface area contributed by atoms with Gasteiger partial charge in [-0.2, -0.15) is 8.78 Å². The van der Waals surface area contributed by atoms with Gasteiger partial charge in [0.05, 0.1) is 5.56 Å². The number of nitrogens with zero attached hydrogens (tertiary/aromatic N) is 1. The smallest absolute Gasteiger partial charge is 0.387 e. The molecule has 0 bridgehead atoms. The van der Waals surface area contributed by atoms with Crippen molar-refractivity contribution in [1.29, 1.82) is 0 Å². The molecule has 0 saturated heterocycles. The first kappa shape index (κ1) is 16.4. The third-order valence-electron chi connectivity index (χ3n) is 2.80. The molecule has 1 amide bonds. The van der Waals surface area contributed by atoms with Crippen molar-refractivity contribution in [3.63, 3.8) is 0 Å². The molecule has 0 spiro atoms. The second kappa shape index (κ2) is 8.47. The summed E-state index contributed by atoms with van der Waals surface area (Å²) in [5.74, 6) is -0.439. The normalized spacial score (nSPS) is 10.7. The van der Waals surface area contributed by atoms with E-state index in [1.54, 1.807) is 17.0 Å². The Bertz CT molecular complexity index is 427. The lowest BCUT2D eigenvalue weighted by Crippen LogP contribution is -2.36. The van der Waals surface area contributed by atoms with Crippen molar-refractivity contribution in [2.24, 2.45) is 5.73 Å². The fraction of sp³-hybridized carbons (Fsp3) is 0.500. The van der Waals surface area contributed by atoms with Crippen molar-refractivity contribution < 1.29 is 18.3 Å². The van der Waals surface area contributed by atoms with Crippen LogP contribution in [0.25, 0.3) is 0 Å². The number of rotatable bonds is 8. The van der Waals surface area contributed by atoms with Crippen LogP contribution in [0.15, 0.2) is 24.3 Å². The number of amides is 1. The molecule has 0 unspecified atom stereocenters. The van der Waals surface area contributed by atoms with Crippen LogP contribution >= 0.6 is 0 Å². The summed E-state index contributed by atoms with van der Waals surface area (Å²) in [6.45, 7) is 0.325. The summed E-state index contributed by atoms with van der Waals surface area (Å²) in [7, 11) is 0. The number of nitrogens with two attached hydrogens (primary N) is 1. The maximum absolute atomic E-state index is 12.4. The minimum absolute atomic E-state index is 0.106. The molecule has 0 aromatic heterocycles. The van der Waals surface area contributed by atoms with Gasteiger partial charge in [-0.15, -0.1) is 0 Å². The van der Waals surface area contributed by atoms with Crippen molar-refractivity contribution in [3.05, 3.63) is 29.8 Å². The number of carbonyl (C=O) groups excluding carboxylic acids is 1. The van der Waals surface area contributed by atoms with Crippen LogP contribution in [0.2, 0.25) is 0 Å². The van der Waals surface area contributed by atoms with Gasteiger partial charge in [0.1, 0.15) is 5.75 Å². The third kappa shape index (κ3) is 4.77. The zero-order chi connectivity index (χ0) is 15.0. The number of halogens is 2. The highest BCUT2D eigenvalue weighted by Gasteiger charge is 2.20. The molecule has 0 heterocycles. The molecule has 6 heteroatoms. The fourth-order valence-electron chi connectivity index (χ4n) is 1.83. The van der Waals surface area contributed by atoms with Gasteiger partial charge in [0.2, 0.25) is 0 Å². The minimum Gasteiger partial charge on any atom is -0.434 e. The van der Waals surface area contributed by atoms with E-state index in [0.717, 1.165) is 12.8 Å². The van der Waals surface area contributed by atoms with E-state index in [0.29, 0.717) is 19.6 Å². The maximum Gasteiger partial charge on any atom is 0.387 e. The number of alkyl halides is 2. The van der Waals surface area contributed by atoms with E-state index in [2.05, 4.69) is 4.74 Å². The first-order valence-electron chi connectivity index (χ1n) is 6.63. The number of hydrogen-bond acceptors (Lipinski definition) is 3. The van der Waals surface area contributed by atoms with Gasteiger partial charge in [-0.1, -0.05) is 25.5 Å². The SMILES string of the molecule is CCCCN(CCN)C(=O)c1ccccc1OC(F)F. The van der Waals surface area contributed by atoms with E-state index in [1.165, 1.54) is 12.1 Å². The highest BCUT2D eigenvalue weighted by atomic mass is 19.3. The van der Waals surface area contributed by atoms with Crippen molar-refractivity contribution in [2.75, 3.05) is 19.6 Å². The molecule has 0 aliphatic rings. The lowest BCUT2D eigenvalue weighted by Gasteiger charge is -2.23. The van der Waals surface area contributed by atoms with Gasteiger partial charge in [-0.05, 0) is 18.6 Å².